The normalized spacial score (nSPS) is 19.1. The summed E-state index contributed by atoms with van der Waals surface area (Å²) in [7, 11) is 0. The van der Waals surface area contributed by atoms with Crippen molar-refractivity contribution in [2.45, 2.75) is 422 Å². The van der Waals surface area contributed by atoms with E-state index in [0.717, 1.165) is 32.1 Å². The molecule has 1 amide bonds. The summed E-state index contributed by atoms with van der Waals surface area (Å²) in [5.74, 6) is -0.697. The molecule has 11 nitrogen and oxygen atoms in total. The van der Waals surface area contributed by atoms with Crippen molar-refractivity contribution in [1.82, 2.24) is 5.32 Å². The third-order valence-electron chi connectivity index (χ3n) is 17.8. The Labute approximate surface area is 506 Å². The van der Waals surface area contributed by atoms with Crippen LogP contribution in [0.4, 0.5) is 0 Å². The summed E-state index contributed by atoms with van der Waals surface area (Å²) in [6.07, 6.45) is 63.1. The molecule has 8 N–H and O–H groups in total. The van der Waals surface area contributed by atoms with Crippen molar-refractivity contribution < 1.29 is 50.0 Å². The zero-order chi connectivity index (χ0) is 59.6. The summed E-state index contributed by atoms with van der Waals surface area (Å²) >= 11 is 0. The molecule has 82 heavy (non-hydrogen) atoms. The molecule has 1 heterocycles. The van der Waals surface area contributed by atoms with Gasteiger partial charge in [0, 0.05) is 0 Å². The first kappa shape index (κ1) is 78.9. The lowest BCUT2D eigenvalue weighted by molar-refractivity contribution is -0.303. The van der Waals surface area contributed by atoms with Gasteiger partial charge < -0.3 is 50.5 Å². The van der Waals surface area contributed by atoms with Gasteiger partial charge in [0.2, 0.25) is 5.91 Å². The minimum atomic E-state index is -1.67. The van der Waals surface area contributed by atoms with Gasteiger partial charge >= 0.3 is 0 Å². The highest BCUT2D eigenvalue weighted by Gasteiger charge is 2.44. The number of unbranched alkanes of at least 4 members (excludes halogenated alkanes) is 50. The molecule has 0 aromatic carbocycles. The lowest BCUT2D eigenvalue weighted by Gasteiger charge is -2.40. The Kier molecular flexibility index (Phi) is 57.8. The van der Waals surface area contributed by atoms with Crippen molar-refractivity contribution in [3.8, 4) is 0 Å². The molecule has 1 fully saturated rings. The van der Waals surface area contributed by atoms with E-state index in [-0.39, 0.29) is 12.8 Å². The Morgan fingerprint density at radius 1 is 0.415 bits per heavy atom. The van der Waals surface area contributed by atoms with Gasteiger partial charge in [0.05, 0.1) is 25.4 Å². The molecule has 0 radical (unpaired) electrons. The van der Waals surface area contributed by atoms with Crippen molar-refractivity contribution in [2.24, 2.45) is 0 Å². The molecule has 9 atom stereocenters. The van der Waals surface area contributed by atoms with Crippen molar-refractivity contribution in [2.75, 3.05) is 13.2 Å². The molecular weight excluding hydrogens is 1030 g/mol. The average molecular weight is 1170 g/mol. The molecule has 0 bridgehead atoms. The fourth-order valence-corrected chi connectivity index (χ4v) is 12.0. The van der Waals surface area contributed by atoms with Crippen LogP contribution in [0.25, 0.3) is 0 Å². The molecule has 1 aliphatic rings. The van der Waals surface area contributed by atoms with E-state index in [4.69, 9.17) is 9.47 Å². The van der Waals surface area contributed by atoms with E-state index in [1.165, 1.54) is 295 Å². The lowest BCUT2D eigenvalue weighted by Crippen LogP contribution is -2.60. The zero-order valence-electron chi connectivity index (χ0n) is 54.0. The minimum Gasteiger partial charge on any atom is -0.394 e. The van der Waals surface area contributed by atoms with Crippen LogP contribution in [0.1, 0.15) is 367 Å². The summed E-state index contributed by atoms with van der Waals surface area (Å²) in [5, 5.41) is 76.5. The molecule has 0 saturated carbocycles. The van der Waals surface area contributed by atoms with Crippen molar-refractivity contribution >= 4 is 5.91 Å². The fourth-order valence-electron chi connectivity index (χ4n) is 12.0. The first-order valence-electron chi connectivity index (χ1n) is 36.1. The van der Waals surface area contributed by atoms with Crippen LogP contribution in [0.15, 0.2) is 12.2 Å². The first-order valence-corrected chi connectivity index (χ1v) is 36.1. The molecule has 488 valence electrons. The van der Waals surface area contributed by atoms with E-state index in [1.807, 2.05) is 0 Å². The maximum atomic E-state index is 13.3. The number of nitrogens with one attached hydrogen (secondary N) is 1. The van der Waals surface area contributed by atoms with Crippen LogP contribution in [0.3, 0.4) is 0 Å². The molecule has 9 unspecified atom stereocenters. The van der Waals surface area contributed by atoms with Gasteiger partial charge in [-0.1, -0.05) is 341 Å². The molecule has 0 spiro atoms. The van der Waals surface area contributed by atoms with Gasteiger partial charge in [-0.2, -0.15) is 0 Å². The smallest absolute Gasteiger partial charge is 0.249 e. The van der Waals surface area contributed by atoms with Gasteiger partial charge in [-0.25, -0.2) is 0 Å². The number of rotatable bonds is 64. The van der Waals surface area contributed by atoms with Crippen LogP contribution < -0.4 is 5.32 Å². The van der Waals surface area contributed by atoms with Gasteiger partial charge in [0.25, 0.3) is 0 Å². The van der Waals surface area contributed by atoms with Gasteiger partial charge in [0.15, 0.2) is 6.29 Å². The van der Waals surface area contributed by atoms with E-state index in [0.29, 0.717) is 12.8 Å². The standard InChI is InChI=1S/C71H139NO10/c1-3-5-7-9-11-13-15-17-19-21-23-25-27-29-31-33-34-36-38-40-42-44-46-48-50-52-54-56-58-63(74)66(76)62(61-81-71-69(79)68(78)67(77)65(60-73)82-71)72-70(80)64(75)59-57-55-53-51-49-47-45-43-41-39-37-35-32-30-28-26-24-22-20-18-16-14-12-10-8-6-4-2/h50,52,62-69,71,73-79H,3-49,51,53-61H2,1-2H3,(H,72,80)/b52-50+. The van der Waals surface area contributed by atoms with E-state index in [9.17, 15) is 40.5 Å². The zero-order valence-corrected chi connectivity index (χ0v) is 54.0. The number of carbonyl (C=O) groups is 1. The van der Waals surface area contributed by atoms with Crippen molar-refractivity contribution in [3.05, 3.63) is 12.2 Å². The van der Waals surface area contributed by atoms with Crippen LogP contribution in [0.5, 0.6) is 0 Å². The second-order valence-corrected chi connectivity index (χ2v) is 25.7. The third-order valence-corrected chi connectivity index (χ3v) is 17.8. The maximum Gasteiger partial charge on any atom is 0.249 e. The van der Waals surface area contributed by atoms with Crippen LogP contribution in [0.2, 0.25) is 0 Å². The fraction of sp³-hybridized carbons (Fsp3) is 0.958. The number of hydrogen-bond acceptors (Lipinski definition) is 10. The highest BCUT2D eigenvalue weighted by Crippen LogP contribution is 2.24. The highest BCUT2D eigenvalue weighted by molar-refractivity contribution is 5.80. The minimum absolute atomic E-state index is 0.260. The second-order valence-electron chi connectivity index (χ2n) is 25.7. The summed E-state index contributed by atoms with van der Waals surface area (Å²) in [6.45, 7) is 3.51. The van der Waals surface area contributed by atoms with E-state index >= 15 is 0 Å². The number of amides is 1. The summed E-state index contributed by atoms with van der Waals surface area (Å²) in [4.78, 5) is 13.3. The SMILES string of the molecule is CCCCCCCCCCCCCCCCCCCCCCCCC/C=C/CCCC(O)C(O)C(COC1OC(CO)C(O)C(O)C1O)NC(=O)C(O)CCCCCCCCCCCCCCCCCCCCCCCCCCCCC. The molecular formula is C71H139NO10. The van der Waals surface area contributed by atoms with Gasteiger partial charge in [0.1, 0.15) is 36.6 Å². The first-order chi connectivity index (χ1) is 40.2. The Balaban J connectivity index is 2.20. The highest BCUT2D eigenvalue weighted by atomic mass is 16.7. The number of hydrogen-bond donors (Lipinski definition) is 8. The van der Waals surface area contributed by atoms with Crippen LogP contribution >= 0.6 is 0 Å². The third kappa shape index (κ3) is 47.0. The van der Waals surface area contributed by atoms with E-state index in [2.05, 4.69) is 31.3 Å². The van der Waals surface area contributed by atoms with Crippen molar-refractivity contribution in [3.63, 3.8) is 0 Å². The number of allylic oxidation sites excluding steroid dienone is 2. The van der Waals surface area contributed by atoms with E-state index in [1.54, 1.807) is 0 Å². The van der Waals surface area contributed by atoms with Gasteiger partial charge in [-0.15, -0.1) is 0 Å². The predicted molar refractivity (Wildman–Crippen MR) is 344 cm³/mol. The van der Waals surface area contributed by atoms with Crippen molar-refractivity contribution in [1.29, 1.82) is 0 Å². The Morgan fingerprint density at radius 3 is 1.05 bits per heavy atom. The number of aliphatic hydroxyl groups is 7. The lowest BCUT2D eigenvalue weighted by atomic mass is 9.98. The predicted octanol–water partition coefficient (Wildman–Crippen LogP) is 17.4. The molecule has 1 rings (SSSR count). The largest absolute Gasteiger partial charge is 0.394 e. The average Bonchev–Trinajstić information content (AvgIpc) is 3.53. The maximum absolute atomic E-state index is 13.3. The topological polar surface area (TPSA) is 189 Å². The van der Waals surface area contributed by atoms with Crippen LogP contribution in [0, 0.1) is 0 Å². The van der Waals surface area contributed by atoms with Gasteiger partial charge in [-0.05, 0) is 38.5 Å². The molecule has 0 aliphatic carbocycles. The Morgan fingerprint density at radius 2 is 0.720 bits per heavy atom. The van der Waals surface area contributed by atoms with Crippen LogP contribution in [-0.2, 0) is 14.3 Å². The van der Waals surface area contributed by atoms with Gasteiger partial charge in [-0.3, -0.25) is 4.79 Å². The monoisotopic (exact) mass is 1170 g/mol. The summed E-state index contributed by atoms with van der Waals surface area (Å²) in [5.41, 5.74) is 0. The Hall–Kier alpha value is -1.15. The second kappa shape index (κ2) is 60.1. The summed E-state index contributed by atoms with van der Waals surface area (Å²) < 4.78 is 11.2. The quantitative estimate of drug-likeness (QED) is 0.0215. The molecule has 0 aromatic rings. The number of ether oxygens (including phenoxy) is 2. The Bertz CT molecular complexity index is 1340. The molecule has 0 aromatic heterocycles. The van der Waals surface area contributed by atoms with Crippen LogP contribution in [-0.4, -0.2) is 110 Å². The molecule has 11 heteroatoms. The number of aliphatic hydroxyl groups excluding tert-OH is 7. The molecule has 1 aliphatic heterocycles. The molecule has 1 saturated heterocycles. The summed E-state index contributed by atoms with van der Waals surface area (Å²) in [6, 6.07) is -1.18. The number of carbonyl (C=O) groups excluding carboxylic acids is 1. The van der Waals surface area contributed by atoms with E-state index < -0.39 is 74.2 Å².